The summed E-state index contributed by atoms with van der Waals surface area (Å²) in [5.74, 6) is 0.824. The maximum absolute atomic E-state index is 5.67. The lowest BCUT2D eigenvalue weighted by Gasteiger charge is -2.27. The Morgan fingerprint density at radius 1 is 1.33 bits per heavy atom. The fourth-order valence-electron chi connectivity index (χ4n) is 2.01. The van der Waals surface area contributed by atoms with E-state index < -0.39 is 0 Å². The third-order valence-corrected chi connectivity index (χ3v) is 2.84. The van der Waals surface area contributed by atoms with Gasteiger partial charge in [-0.25, -0.2) is 0 Å². The van der Waals surface area contributed by atoms with Crippen molar-refractivity contribution in [3.63, 3.8) is 0 Å². The molecule has 1 unspecified atom stereocenters. The summed E-state index contributed by atoms with van der Waals surface area (Å²) in [6, 6.07) is 0. The minimum Gasteiger partial charge on any atom is -0.378 e. The number of rotatable bonds is 4. The summed E-state index contributed by atoms with van der Waals surface area (Å²) in [6.45, 7) is 6.82. The lowest BCUT2D eigenvalue weighted by atomic mass is 9.86. The molecule has 1 aliphatic rings. The van der Waals surface area contributed by atoms with Crippen LogP contribution in [0, 0.1) is 12.8 Å². The molecule has 0 amide bonds. The molecule has 0 aromatic heterocycles. The number of ether oxygens (including phenoxy) is 1. The summed E-state index contributed by atoms with van der Waals surface area (Å²) in [7, 11) is 0. The maximum atomic E-state index is 5.67. The zero-order valence-corrected chi connectivity index (χ0v) is 8.22. The fraction of sp³-hybridized carbons (Fsp3) is 0.909. The molecule has 0 saturated heterocycles. The Bertz CT molecular complexity index is 106. The Morgan fingerprint density at radius 3 is 2.58 bits per heavy atom. The molecule has 1 fully saturated rings. The van der Waals surface area contributed by atoms with Crippen LogP contribution < -0.4 is 0 Å². The van der Waals surface area contributed by atoms with Crippen molar-refractivity contribution >= 4 is 0 Å². The first-order chi connectivity index (χ1) is 5.84. The monoisotopic (exact) mass is 169 g/mol. The van der Waals surface area contributed by atoms with E-state index in [2.05, 4.69) is 13.8 Å². The van der Waals surface area contributed by atoms with E-state index in [1.807, 2.05) is 0 Å². The van der Waals surface area contributed by atoms with Crippen LogP contribution in [0.25, 0.3) is 0 Å². The summed E-state index contributed by atoms with van der Waals surface area (Å²) in [5.41, 5.74) is 0. The minimum atomic E-state index is 0.465. The van der Waals surface area contributed by atoms with Gasteiger partial charge in [0, 0.05) is 6.61 Å². The molecular formula is C11H21O. The molecule has 1 rings (SSSR count). The van der Waals surface area contributed by atoms with E-state index in [1.165, 1.54) is 32.1 Å². The van der Waals surface area contributed by atoms with Gasteiger partial charge in [0.1, 0.15) is 0 Å². The van der Waals surface area contributed by atoms with Crippen molar-refractivity contribution in [3.05, 3.63) is 6.92 Å². The Hall–Kier alpha value is -0.0400. The topological polar surface area (TPSA) is 9.23 Å². The van der Waals surface area contributed by atoms with E-state index in [0.29, 0.717) is 6.10 Å². The van der Waals surface area contributed by atoms with Crippen LogP contribution in [-0.2, 0) is 4.74 Å². The molecule has 0 aromatic carbocycles. The van der Waals surface area contributed by atoms with Crippen LogP contribution in [0.5, 0.6) is 0 Å². The predicted octanol–water partition coefficient (Wildman–Crippen LogP) is 3.20. The van der Waals surface area contributed by atoms with Crippen LogP contribution in [0.2, 0.25) is 0 Å². The standard InChI is InChI=1S/C11H21O/c1-3-9-12-10(2)11-7-5-4-6-8-11/h10-11H,1,3-9H2,2H3. The molecule has 1 aliphatic carbocycles. The molecule has 1 saturated carbocycles. The first-order valence-electron chi connectivity index (χ1n) is 5.25. The van der Waals surface area contributed by atoms with Crippen molar-refractivity contribution in [1.29, 1.82) is 0 Å². The number of hydrogen-bond donors (Lipinski definition) is 0. The van der Waals surface area contributed by atoms with E-state index >= 15 is 0 Å². The average molecular weight is 169 g/mol. The van der Waals surface area contributed by atoms with E-state index in [1.54, 1.807) is 0 Å². The summed E-state index contributed by atoms with van der Waals surface area (Å²) in [6.07, 6.45) is 8.35. The third kappa shape index (κ3) is 3.14. The molecule has 0 bridgehead atoms. The van der Waals surface area contributed by atoms with Crippen LogP contribution in [0.3, 0.4) is 0 Å². The second kappa shape index (κ2) is 5.58. The summed E-state index contributed by atoms with van der Waals surface area (Å²) in [4.78, 5) is 0. The van der Waals surface area contributed by atoms with Crippen molar-refractivity contribution in [3.8, 4) is 0 Å². The zero-order chi connectivity index (χ0) is 8.81. The average Bonchev–Trinajstić information content (AvgIpc) is 2.15. The van der Waals surface area contributed by atoms with Gasteiger partial charge in [0.15, 0.2) is 0 Å². The van der Waals surface area contributed by atoms with Crippen molar-refractivity contribution in [1.82, 2.24) is 0 Å². The molecular weight excluding hydrogens is 148 g/mol. The minimum absolute atomic E-state index is 0.465. The van der Waals surface area contributed by atoms with Gasteiger partial charge in [-0.05, 0) is 32.1 Å². The van der Waals surface area contributed by atoms with E-state index in [0.717, 1.165) is 18.9 Å². The third-order valence-electron chi connectivity index (χ3n) is 2.84. The quantitative estimate of drug-likeness (QED) is 0.628. The smallest absolute Gasteiger partial charge is 0.0575 e. The summed E-state index contributed by atoms with van der Waals surface area (Å²) >= 11 is 0. The van der Waals surface area contributed by atoms with E-state index in [9.17, 15) is 0 Å². The van der Waals surface area contributed by atoms with Crippen molar-refractivity contribution in [2.75, 3.05) is 6.61 Å². The van der Waals surface area contributed by atoms with Crippen LogP contribution in [-0.4, -0.2) is 12.7 Å². The van der Waals surface area contributed by atoms with Crippen LogP contribution >= 0.6 is 0 Å². The normalized spacial score (nSPS) is 22.5. The molecule has 71 valence electrons. The molecule has 0 N–H and O–H groups in total. The second-order valence-electron chi connectivity index (χ2n) is 3.83. The van der Waals surface area contributed by atoms with Gasteiger partial charge in [0.05, 0.1) is 6.10 Å². The van der Waals surface area contributed by atoms with Gasteiger partial charge >= 0.3 is 0 Å². The van der Waals surface area contributed by atoms with Crippen LogP contribution in [0.1, 0.15) is 45.4 Å². The molecule has 0 spiro atoms. The van der Waals surface area contributed by atoms with Gasteiger partial charge in [-0.1, -0.05) is 26.2 Å². The summed E-state index contributed by atoms with van der Waals surface area (Å²) < 4.78 is 5.67. The van der Waals surface area contributed by atoms with Crippen molar-refractivity contribution in [2.45, 2.75) is 51.6 Å². The van der Waals surface area contributed by atoms with Gasteiger partial charge in [-0.15, -0.1) is 0 Å². The van der Waals surface area contributed by atoms with Gasteiger partial charge in [-0.2, -0.15) is 0 Å². The van der Waals surface area contributed by atoms with Gasteiger partial charge in [0.2, 0.25) is 0 Å². The highest BCUT2D eigenvalue weighted by Crippen LogP contribution is 2.27. The summed E-state index contributed by atoms with van der Waals surface area (Å²) in [5, 5.41) is 0. The van der Waals surface area contributed by atoms with Gasteiger partial charge in [0.25, 0.3) is 0 Å². The van der Waals surface area contributed by atoms with Crippen molar-refractivity contribution in [2.24, 2.45) is 5.92 Å². The second-order valence-corrected chi connectivity index (χ2v) is 3.83. The Labute approximate surface area is 76.5 Å². The SMILES string of the molecule is [CH2]CCOC(C)C1CCCCC1. The first-order valence-corrected chi connectivity index (χ1v) is 5.25. The highest BCUT2D eigenvalue weighted by Gasteiger charge is 2.19. The van der Waals surface area contributed by atoms with Crippen molar-refractivity contribution < 1.29 is 4.74 Å². The molecule has 0 aromatic rings. The first kappa shape index (κ1) is 10.0. The van der Waals surface area contributed by atoms with Crippen LogP contribution in [0.15, 0.2) is 0 Å². The lowest BCUT2D eigenvalue weighted by molar-refractivity contribution is 0.0151. The molecule has 0 heterocycles. The predicted molar refractivity (Wildman–Crippen MR) is 52.0 cm³/mol. The zero-order valence-electron chi connectivity index (χ0n) is 8.22. The Morgan fingerprint density at radius 2 is 2.00 bits per heavy atom. The van der Waals surface area contributed by atoms with E-state index in [-0.39, 0.29) is 0 Å². The van der Waals surface area contributed by atoms with Crippen LogP contribution in [0.4, 0.5) is 0 Å². The molecule has 1 radical (unpaired) electrons. The van der Waals surface area contributed by atoms with Gasteiger partial charge < -0.3 is 4.74 Å². The molecule has 12 heavy (non-hydrogen) atoms. The highest BCUT2D eigenvalue weighted by atomic mass is 16.5. The highest BCUT2D eigenvalue weighted by molar-refractivity contribution is 4.71. The van der Waals surface area contributed by atoms with E-state index in [4.69, 9.17) is 4.74 Å². The maximum Gasteiger partial charge on any atom is 0.0575 e. The Balaban J connectivity index is 2.15. The fourth-order valence-corrected chi connectivity index (χ4v) is 2.01. The van der Waals surface area contributed by atoms with Gasteiger partial charge in [-0.3, -0.25) is 0 Å². The molecule has 0 aliphatic heterocycles. The Kier molecular flexibility index (Phi) is 4.67. The lowest BCUT2D eigenvalue weighted by Crippen LogP contribution is -2.23. The number of hydrogen-bond acceptors (Lipinski definition) is 1. The molecule has 1 nitrogen and oxygen atoms in total. The molecule has 1 atom stereocenters. The molecule has 1 heteroatoms. The largest absolute Gasteiger partial charge is 0.378 e.